The fourth-order valence-corrected chi connectivity index (χ4v) is 4.15. The van der Waals surface area contributed by atoms with E-state index in [0.29, 0.717) is 0 Å². The van der Waals surface area contributed by atoms with Gasteiger partial charge in [0.2, 0.25) is 0 Å². The van der Waals surface area contributed by atoms with Crippen molar-refractivity contribution < 1.29 is 0 Å². The largest absolute Gasteiger partial charge is 0.312 e. The lowest BCUT2D eigenvalue weighted by molar-refractivity contribution is 0.286. The molecule has 0 saturated heterocycles. The van der Waals surface area contributed by atoms with Crippen molar-refractivity contribution in [3.63, 3.8) is 0 Å². The highest BCUT2D eigenvalue weighted by Gasteiger charge is 2.27. The molecule has 1 aromatic rings. The summed E-state index contributed by atoms with van der Waals surface area (Å²) < 4.78 is 0. The van der Waals surface area contributed by atoms with Gasteiger partial charge in [0.1, 0.15) is 0 Å². The van der Waals surface area contributed by atoms with E-state index in [1.807, 2.05) is 11.3 Å². The van der Waals surface area contributed by atoms with Gasteiger partial charge < -0.3 is 5.32 Å². The van der Waals surface area contributed by atoms with Crippen molar-refractivity contribution in [1.82, 2.24) is 10.3 Å². The zero-order valence-corrected chi connectivity index (χ0v) is 14.6. The van der Waals surface area contributed by atoms with Gasteiger partial charge in [-0.2, -0.15) is 0 Å². The molecule has 1 aromatic heterocycles. The van der Waals surface area contributed by atoms with Gasteiger partial charge in [0.25, 0.3) is 0 Å². The van der Waals surface area contributed by atoms with Gasteiger partial charge in [0.05, 0.1) is 10.7 Å². The molecule has 0 radical (unpaired) electrons. The fourth-order valence-electron chi connectivity index (χ4n) is 3.12. The molecule has 1 aliphatic rings. The van der Waals surface area contributed by atoms with Crippen LogP contribution >= 0.6 is 11.3 Å². The maximum atomic E-state index is 4.76. The average molecular weight is 295 g/mol. The molecule has 1 fully saturated rings. The van der Waals surface area contributed by atoms with Crippen LogP contribution in [-0.4, -0.2) is 17.1 Å². The van der Waals surface area contributed by atoms with Crippen LogP contribution in [0.15, 0.2) is 0 Å². The first-order chi connectivity index (χ1) is 9.35. The minimum Gasteiger partial charge on any atom is -0.312 e. The molecule has 0 bridgehead atoms. The van der Waals surface area contributed by atoms with Gasteiger partial charge in [0, 0.05) is 16.8 Å². The smallest absolute Gasteiger partial charge is 0.0934 e. The van der Waals surface area contributed by atoms with E-state index in [2.05, 4.69) is 39.9 Å². The second kappa shape index (κ2) is 6.57. The number of nitrogens with zero attached hydrogens (tertiary/aromatic N) is 1. The van der Waals surface area contributed by atoms with Crippen LogP contribution in [0.25, 0.3) is 0 Å². The molecule has 2 rings (SSSR count). The van der Waals surface area contributed by atoms with Gasteiger partial charge >= 0.3 is 0 Å². The fraction of sp³-hybridized carbons (Fsp3) is 0.824. The summed E-state index contributed by atoms with van der Waals surface area (Å²) in [5.41, 5.74) is 1.44. The monoisotopic (exact) mass is 294 g/mol. The molecule has 114 valence electrons. The highest BCUT2D eigenvalue weighted by Crippen LogP contribution is 2.34. The summed E-state index contributed by atoms with van der Waals surface area (Å²) in [6.45, 7) is 12.2. The molecule has 0 aliphatic heterocycles. The molecule has 2 nitrogen and oxygen atoms in total. The Bertz CT molecular complexity index is 405. The number of hydrogen-bond donors (Lipinski definition) is 1. The Morgan fingerprint density at radius 2 is 1.90 bits per heavy atom. The zero-order chi connectivity index (χ0) is 14.8. The second-order valence-corrected chi connectivity index (χ2v) is 8.68. The maximum absolute atomic E-state index is 4.76. The lowest BCUT2D eigenvalue weighted by Crippen LogP contribution is -2.41. The number of aromatic nitrogens is 1. The molecule has 0 aromatic carbocycles. The van der Waals surface area contributed by atoms with E-state index in [4.69, 9.17) is 4.98 Å². The van der Waals surface area contributed by atoms with E-state index in [0.717, 1.165) is 24.8 Å². The van der Waals surface area contributed by atoms with Crippen molar-refractivity contribution >= 4 is 11.3 Å². The molecule has 1 heterocycles. The predicted octanol–water partition coefficient (Wildman–Crippen LogP) is 4.50. The summed E-state index contributed by atoms with van der Waals surface area (Å²) in [6, 6.07) is 0. The van der Waals surface area contributed by atoms with Crippen LogP contribution < -0.4 is 5.32 Å². The van der Waals surface area contributed by atoms with Gasteiger partial charge in [-0.3, -0.25) is 0 Å². The first kappa shape index (κ1) is 16.0. The van der Waals surface area contributed by atoms with Crippen LogP contribution in [-0.2, 0) is 6.42 Å². The minimum atomic E-state index is 0.214. The average Bonchev–Trinajstić information content (AvgIpc) is 2.95. The van der Waals surface area contributed by atoms with Gasteiger partial charge in [-0.05, 0) is 53.0 Å². The third-order valence-electron chi connectivity index (χ3n) is 4.47. The molecule has 0 amide bonds. The number of thiazole rings is 1. The Labute approximate surface area is 128 Å². The molecule has 1 N–H and O–H groups in total. The number of nitrogens with one attached hydrogen (secondary N) is 1. The molecule has 3 heteroatoms. The van der Waals surface area contributed by atoms with Crippen LogP contribution in [0.4, 0.5) is 0 Å². The van der Waals surface area contributed by atoms with E-state index >= 15 is 0 Å². The van der Waals surface area contributed by atoms with Crippen molar-refractivity contribution in [3.05, 3.63) is 15.6 Å². The molecule has 1 atom stereocenters. The van der Waals surface area contributed by atoms with Crippen molar-refractivity contribution in [2.75, 3.05) is 6.54 Å². The summed E-state index contributed by atoms with van der Waals surface area (Å²) in [6.07, 6.45) is 6.84. The predicted molar refractivity (Wildman–Crippen MR) is 88.5 cm³/mol. The first-order valence-corrected chi connectivity index (χ1v) is 8.85. The van der Waals surface area contributed by atoms with Gasteiger partial charge in [-0.25, -0.2) is 4.98 Å². The van der Waals surface area contributed by atoms with Gasteiger partial charge in [0.15, 0.2) is 0 Å². The third-order valence-corrected chi connectivity index (χ3v) is 5.57. The van der Waals surface area contributed by atoms with E-state index in [1.54, 1.807) is 0 Å². The van der Waals surface area contributed by atoms with E-state index in [-0.39, 0.29) is 5.54 Å². The van der Waals surface area contributed by atoms with Crippen molar-refractivity contribution in [1.29, 1.82) is 0 Å². The molecule has 20 heavy (non-hydrogen) atoms. The zero-order valence-electron chi connectivity index (χ0n) is 13.8. The Kier molecular flexibility index (Phi) is 5.25. The summed E-state index contributed by atoms with van der Waals surface area (Å²) >= 11 is 1.90. The van der Waals surface area contributed by atoms with Gasteiger partial charge in [-0.1, -0.05) is 25.7 Å². The molecular formula is C17H30N2S. The minimum absolute atomic E-state index is 0.214. The van der Waals surface area contributed by atoms with Crippen molar-refractivity contribution in [2.24, 2.45) is 11.8 Å². The Hall–Kier alpha value is -0.410. The quantitative estimate of drug-likeness (QED) is 0.865. The van der Waals surface area contributed by atoms with Crippen LogP contribution in [0.3, 0.4) is 0 Å². The normalized spacial score (nSPS) is 18.6. The molecule has 1 saturated carbocycles. The van der Waals surface area contributed by atoms with Crippen LogP contribution in [0, 0.1) is 25.7 Å². The Morgan fingerprint density at radius 3 is 2.40 bits per heavy atom. The Balaban J connectivity index is 2.01. The van der Waals surface area contributed by atoms with E-state index < -0.39 is 0 Å². The number of hydrogen-bond acceptors (Lipinski definition) is 3. The third kappa shape index (κ3) is 4.56. The molecular weight excluding hydrogens is 264 g/mol. The number of aryl methyl sites for hydroxylation is 2. The molecule has 1 aliphatic carbocycles. The Morgan fingerprint density at radius 1 is 1.25 bits per heavy atom. The molecule has 1 unspecified atom stereocenters. The maximum Gasteiger partial charge on any atom is 0.0934 e. The van der Waals surface area contributed by atoms with Crippen molar-refractivity contribution in [3.8, 4) is 0 Å². The number of rotatable bonds is 5. The van der Waals surface area contributed by atoms with Crippen molar-refractivity contribution in [2.45, 2.75) is 72.3 Å². The van der Waals surface area contributed by atoms with E-state index in [1.165, 1.54) is 41.3 Å². The molecule has 0 spiro atoms. The van der Waals surface area contributed by atoms with Gasteiger partial charge in [-0.15, -0.1) is 11.3 Å². The standard InChI is InChI=1S/C17H30N2S/c1-12-13(2)20-16(19-12)10-15(11-18-17(3,4)5)14-8-6-7-9-14/h14-15,18H,6-11H2,1-5H3. The summed E-state index contributed by atoms with van der Waals surface area (Å²) in [5.74, 6) is 1.65. The lowest BCUT2D eigenvalue weighted by Gasteiger charge is -2.28. The summed E-state index contributed by atoms with van der Waals surface area (Å²) in [7, 11) is 0. The highest BCUT2D eigenvalue weighted by atomic mass is 32.1. The SMILES string of the molecule is Cc1nc(CC(CNC(C)(C)C)C2CCCC2)sc1C. The summed E-state index contributed by atoms with van der Waals surface area (Å²) in [5, 5.41) is 5.06. The second-order valence-electron chi connectivity index (χ2n) is 7.39. The first-order valence-electron chi connectivity index (χ1n) is 8.03. The lowest BCUT2D eigenvalue weighted by atomic mass is 9.87. The summed E-state index contributed by atoms with van der Waals surface area (Å²) in [4.78, 5) is 6.14. The topological polar surface area (TPSA) is 24.9 Å². The van der Waals surface area contributed by atoms with E-state index in [9.17, 15) is 0 Å². The highest BCUT2D eigenvalue weighted by molar-refractivity contribution is 7.11. The van der Waals surface area contributed by atoms with Crippen LogP contribution in [0.2, 0.25) is 0 Å². The van der Waals surface area contributed by atoms with Crippen LogP contribution in [0.5, 0.6) is 0 Å². The van der Waals surface area contributed by atoms with Crippen LogP contribution in [0.1, 0.15) is 62.0 Å².